The predicted molar refractivity (Wildman–Crippen MR) is 94.9 cm³/mol. The highest BCUT2D eigenvalue weighted by Crippen LogP contribution is 2.32. The van der Waals surface area contributed by atoms with Gasteiger partial charge in [-0.1, -0.05) is 30.1 Å². The molecule has 134 valence electrons. The third-order valence-electron chi connectivity index (χ3n) is 4.72. The summed E-state index contributed by atoms with van der Waals surface area (Å²) in [7, 11) is 0. The topological polar surface area (TPSA) is 78.5 Å². The highest BCUT2D eigenvalue weighted by molar-refractivity contribution is 6.42. The van der Waals surface area contributed by atoms with Crippen molar-refractivity contribution in [1.82, 2.24) is 15.5 Å². The Morgan fingerprint density at radius 2 is 2.00 bits per heavy atom. The monoisotopic (exact) mass is 383 g/mol. The molecule has 0 radical (unpaired) electrons. The van der Waals surface area contributed by atoms with E-state index in [4.69, 9.17) is 23.2 Å². The van der Waals surface area contributed by atoms with Crippen LogP contribution in [0.1, 0.15) is 36.8 Å². The number of fused-ring (bicyclic) bond motifs is 1. The molecule has 1 fully saturated rings. The number of hydrogen-bond acceptors (Lipinski definition) is 3. The van der Waals surface area contributed by atoms with E-state index < -0.39 is 12.1 Å². The summed E-state index contributed by atoms with van der Waals surface area (Å²) in [5.41, 5.74) is 2.23. The minimum absolute atomic E-state index is 0.0224. The van der Waals surface area contributed by atoms with Crippen molar-refractivity contribution in [1.29, 1.82) is 0 Å². The zero-order valence-electron chi connectivity index (χ0n) is 13.8. The number of urea groups is 1. The van der Waals surface area contributed by atoms with Crippen LogP contribution in [0, 0.1) is 0 Å². The van der Waals surface area contributed by atoms with Crippen LogP contribution < -0.4 is 10.6 Å². The quantitative estimate of drug-likeness (QED) is 0.786. The second-order valence-corrected chi connectivity index (χ2v) is 7.32. The van der Waals surface area contributed by atoms with Crippen molar-refractivity contribution in [3.05, 3.63) is 33.3 Å². The molecule has 2 aliphatic heterocycles. The zero-order chi connectivity index (χ0) is 18.1. The Morgan fingerprint density at radius 1 is 1.28 bits per heavy atom. The predicted octanol–water partition coefficient (Wildman–Crippen LogP) is 2.47. The number of benzene rings is 1. The van der Waals surface area contributed by atoms with Crippen molar-refractivity contribution in [2.75, 3.05) is 13.1 Å². The van der Waals surface area contributed by atoms with Gasteiger partial charge in [0.2, 0.25) is 5.91 Å². The van der Waals surface area contributed by atoms with Crippen LogP contribution >= 0.6 is 23.2 Å². The van der Waals surface area contributed by atoms with Crippen molar-refractivity contribution in [3.63, 3.8) is 0 Å². The summed E-state index contributed by atoms with van der Waals surface area (Å²) >= 11 is 12.2. The van der Waals surface area contributed by atoms with E-state index in [0.717, 1.165) is 11.1 Å². The fraction of sp³-hybridized carbons (Fsp3) is 0.471. The Balaban J connectivity index is 1.63. The lowest BCUT2D eigenvalue weighted by molar-refractivity contribution is -0.131. The van der Waals surface area contributed by atoms with E-state index in [0.29, 0.717) is 36.0 Å². The third-order valence-corrected chi connectivity index (χ3v) is 5.44. The third kappa shape index (κ3) is 3.90. The molecular formula is C17H19Cl2N3O3. The van der Waals surface area contributed by atoms with Gasteiger partial charge >= 0.3 is 6.03 Å². The molecule has 2 aliphatic rings. The maximum absolute atomic E-state index is 12.6. The van der Waals surface area contributed by atoms with E-state index in [1.807, 2.05) is 12.1 Å². The molecule has 2 unspecified atom stereocenters. The van der Waals surface area contributed by atoms with Gasteiger partial charge in [0, 0.05) is 19.5 Å². The van der Waals surface area contributed by atoms with E-state index in [-0.39, 0.29) is 24.2 Å². The Hall–Kier alpha value is -1.79. The van der Waals surface area contributed by atoms with Crippen molar-refractivity contribution in [2.45, 2.75) is 38.1 Å². The van der Waals surface area contributed by atoms with Gasteiger partial charge < -0.3 is 10.2 Å². The van der Waals surface area contributed by atoms with Crippen LogP contribution in [0.3, 0.4) is 0 Å². The zero-order valence-corrected chi connectivity index (χ0v) is 15.3. The molecule has 0 spiro atoms. The highest BCUT2D eigenvalue weighted by Gasteiger charge is 2.31. The number of carbonyl (C=O) groups is 3. The summed E-state index contributed by atoms with van der Waals surface area (Å²) in [6, 6.07) is 2.63. The van der Waals surface area contributed by atoms with Gasteiger partial charge in [-0.15, -0.1) is 0 Å². The molecule has 2 N–H and O–H groups in total. The maximum Gasteiger partial charge on any atom is 0.322 e. The fourth-order valence-electron chi connectivity index (χ4n) is 3.37. The summed E-state index contributed by atoms with van der Waals surface area (Å²) in [5, 5.41) is 5.73. The van der Waals surface area contributed by atoms with Gasteiger partial charge in [0.15, 0.2) is 0 Å². The standard InChI is InChI=1S/C17H19Cl2N3O3/c1-9-8-22(5-4-10-6-12(18)13(19)7-11(9)10)15(23)3-2-14-16(24)21-17(25)20-14/h6-7,9,14H,2-5,8H2,1H3,(H2,20,21,24,25). The van der Waals surface area contributed by atoms with Gasteiger partial charge in [0.05, 0.1) is 10.0 Å². The van der Waals surface area contributed by atoms with Crippen molar-refractivity contribution in [3.8, 4) is 0 Å². The van der Waals surface area contributed by atoms with Crippen LogP contribution in [0.2, 0.25) is 10.0 Å². The molecule has 8 heteroatoms. The average molecular weight is 384 g/mol. The lowest BCUT2D eigenvalue weighted by Crippen LogP contribution is -2.36. The maximum atomic E-state index is 12.6. The molecule has 6 nitrogen and oxygen atoms in total. The first-order valence-corrected chi connectivity index (χ1v) is 8.97. The van der Waals surface area contributed by atoms with Gasteiger partial charge in [0.25, 0.3) is 5.91 Å². The Labute approximate surface area is 155 Å². The lowest BCUT2D eigenvalue weighted by atomic mass is 9.95. The molecular weight excluding hydrogens is 365 g/mol. The van der Waals surface area contributed by atoms with Crippen molar-refractivity contribution in [2.24, 2.45) is 0 Å². The first kappa shape index (κ1) is 18.0. The molecule has 0 saturated carbocycles. The van der Waals surface area contributed by atoms with E-state index in [2.05, 4.69) is 17.6 Å². The first-order valence-electron chi connectivity index (χ1n) is 8.22. The summed E-state index contributed by atoms with van der Waals surface area (Å²) < 4.78 is 0. The van der Waals surface area contributed by atoms with E-state index in [9.17, 15) is 14.4 Å². The normalized spacial score (nSPS) is 22.9. The largest absolute Gasteiger partial charge is 0.342 e. The minimum Gasteiger partial charge on any atom is -0.342 e. The number of hydrogen-bond donors (Lipinski definition) is 2. The number of amides is 4. The average Bonchev–Trinajstić information content (AvgIpc) is 2.79. The second kappa shape index (κ2) is 7.22. The number of nitrogens with zero attached hydrogens (tertiary/aromatic N) is 1. The molecule has 3 rings (SSSR count). The Bertz CT molecular complexity index is 738. The first-order chi connectivity index (χ1) is 11.8. The van der Waals surface area contributed by atoms with Crippen molar-refractivity contribution < 1.29 is 14.4 Å². The Kier molecular flexibility index (Phi) is 5.20. The summed E-state index contributed by atoms with van der Waals surface area (Å²) in [6.45, 7) is 3.24. The van der Waals surface area contributed by atoms with Gasteiger partial charge in [0.1, 0.15) is 6.04 Å². The van der Waals surface area contributed by atoms with Gasteiger partial charge in [-0.2, -0.15) is 0 Å². The SMILES string of the molecule is CC1CN(C(=O)CCC2NC(=O)NC2=O)CCc2cc(Cl)c(Cl)cc21. The van der Waals surface area contributed by atoms with Crippen molar-refractivity contribution >= 4 is 41.0 Å². The molecule has 1 aromatic carbocycles. The van der Waals surface area contributed by atoms with E-state index in [1.54, 1.807) is 4.90 Å². The number of imide groups is 1. The summed E-state index contributed by atoms with van der Waals surface area (Å²) in [4.78, 5) is 37.0. The molecule has 0 aromatic heterocycles. The fourth-order valence-corrected chi connectivity index (χ4v) is 3.73. The molecule has 0 aliphatic carbocycles. The lowest BCUT2D eigenvalue weighted by Gasteiger charge is -2.23. The summed E-state index contributed by atoms with van der Waals surface area (Å²) in [6.07, 6.45) is 1.22. The molecule has 1 aromatic rings. The van der Waals surface area contributed by atoms with Crippen LogP contribution in [0.5, 0.6) is 0 Å². The van der Waals surface area contributed by atoms with Crippen LogP contribution in [-0.2, 0) is 16.0 Å². The van der Waals surface area contributed by atoms with Crippen LogP contribution in [0.4, 0.5) is 4.79 Å². The Morgan fingerprint density at radius 3 is 2.68 bits per heavy atom. The molecule has 2 heterocycles. The van der Waals surface area contributed by atoms with Gasteiger partial charge in [-0.3, -0.25) is 14.9 Å². The number of nitrogens with one attached hydrogen (secondary N) is 2. The number of carbonyl (C=O) groups excluding carboxylic acids is 3. The van der Waals surface area contributed by atoms with Crippen LogP contribution in [0.25, 0.3) is 0 Å². The molecule has 25 heavy (non-hydrogen) atoms. The number of rotatable bonds is 3. The van der Waals surface area contributed by atoms with Gasteiger partial charge in [-0.25, -0.2) is 4.79 Å². The molecule has 0 bridgehead atoms. The smallest absolute Gasteiger partial charge is 0.322 e. The number of halogens is 2. The van der Waals surface area contributed by atoms with Crippen LogP contribution in [0.15, 0.2) is 12.1 Å². The highest BCUT2D eigenvalue weighted by atomic mass is 35.5. The molecule has 4 amide bonds. The molecule has 2 atom stereocenters. The summed E-state index contributed by atoms with van der Waals surface area (Å²) in [5.74, 6) is -0.254. The minimum atomic E-state index is -0.629. The molecule has 1 saturated heterocycles. The second-order valence-electron chi connectivity index (χ2n) is 6.51. The van der Waals surface area contributed by atoms with E-state index >= 15 is 0 Å². The van der Waals surface area contributed by atoms with Crippen LogP contribution in [-0.4, -0.2) is 41.9 Å². The van der Waals surface area contributed by atoms with Gasteiger partial charge in [-0.05, 0) is 42.0 Å². The van der Waals surface area contributed by atoms with E-state index in [1.165, 1.54) is 0 Å².